The number of halogens is 2. The van der Waals surface area contributed by atoms with E-state index in [-0.39, 0.29) is 16.4 Å². The number of nitrogens with zero attached hydrogens (tertiary/aromatic N) is 1. The molecule has 4 nitrogen and oxygen atoms in total. The topological polar surface area (TPSA) is 68.0 Å². The van der Waals surface area contributed by atoms with Crippen LogP contribution in [-0.2, 0) is 0 Å². The second-order valence-electron chi connectivity index (χ2n) is 3.87. The number of carbonyl (C=O) groups is 1. The number of amides is 1. The lowest BCUT2D eigenvalue weighted by molar-refractivity contribution is 0.102. The van der Waals surface area contributed by atoms with Gasteiger partial charge in [-0.25, -0.2) is 4.39 Å². The molecule has 1 aromatic carbocycles. The van der Waals surface area contributed by atoms with E-state index in [1.165, 1.54) is 24.4 Å². The number of benzene rings is 1. The predicted octanol–water partition coefficient (Wildman–Crippen LogP) is 2.87. The first-order chi connectivity index (χ1) is 9.47. The molecule has 1 amide bonds. The number of pyridine rings is 1. The van der Waals surface area contributed by atoms with Crippen LogP contribution in [0.15, 0.2) is 41.0 Å². The van der Waals surface area contributed by atoms with Crippen molar-refractivity contribution in [1.82, 2.24) is 4.98 Å². The van der Waals surface area contributed by atoms with Gasteiger partial charge in [-0.3, -0.25) is 9.78 Å². The zero-order valence-corrected chi connectivity index (χ0v) is 12.5. The fraction of sp³-hybridized carbons (Fsp3) is 0. The quantitative estimate of drug-likeness (QED) is 0.832. The van der Waals surface area contributed by atoms with Crippen molar-refractivity contribution in [3.8, 4) is 0 Å². The van der Waals surface area contributed by atoms with Crippen molar-refractivity contribution in [2.75, 3.05) is 5.32 Å². The lowest BCUT2D eigenvalue weighted by atomic mass is 10.2. The van der Waals surface area contributed by atoms with Gasteiger partial charge >= 0.3 is 0 Å². The van der Waals surface area contributed by atoms with Crippen molar-refractivity contribution < 1.29 is 9.18 Å². The highest BCUT2D eigenvalue weighted by molar-refractivity contribution is 9.10. The standard InChI is InChI=1S/C13H9BrFN3OS/c14-8-2-3-9(15)11(5-8)18-13(19)10-4-1-7(6-17-10)12(16)20/h1-6H,(H2,16,20)(H,18,19). The normalized spacial score (nSPS) is 10.1. The summed E-state index contributed by atoms with van der Waals surface area (Å²) in [5.41, 5.74) is 6.21. The second-order valence-corrected chi connectivity index (χ2v) is 5.23. The molecule has 0 aliphatic carbocycles. The van der Waals surface area contributed by atoms with Crippen molar-refractivity contribution in [2.24, 2.45) is 5.73 Å². The summed E-state index contributed by atoms with van der Waals surface area (Å²) in [5, 5.41) is 2.45. The van der Waals surface area contributed by atoms with Crippen LogP contribution in [0.1, 0.15) is 16.1 Å². The molecule has 7 heteroatoms. The first-order valence-electron chi connectivity index (χ1n) is 5.49. The van der Waals surface area contributed by atoms with Crippen LogP contribution in [0.2, 0.25) is 0 Å². The lowest BCUT2D eigenvalue weighted by Gasteiger charge is -2.07. The largest absolute Gasteiger partial charge is 0.389 e. The summed E-state index contributed by atoms with van der Waals surface area (Å²) in [6.45, 7) is 0. The van der Waals surface area contributed by atoms with E-state index in [2.05, 4.69) is 26.2 Å². The van der Waals surface area contributed by atoms with Crippen molar-refractivity contribution in [3.63, 3.8) is 0 Å². The summed E-state index contributed by atoms with van der Waals surface area (Å²) in [4.78, 5) is 16.1. The molecule has 0 aliphatic heterocycles. The smallest absolute Gasteiger partial charge is 0.274 e. The second kappa shape index (κ2) is 6.06. The van der Waals surface area contributed by atoms with Crippen LogP contribution in [0, 0.1) is 5.82 Å². The first kappa shape index (κ1) is 14.5. The predicted molar refractivity (Wildman–Crippen MR) is 82.2 cm³/mol. The molecule has 2 aromatic rings. The highest BCUT2D eigenvalue weighted by atomic mass is 79.9. The molecule has 3 N–H and O–H groups in total. The molecule has 0 unspecified atom stereocenters. The first-order valence-corrected chi connectivity index (χ1v) is 6.70. The molecule has 2 rings (SSSR count). The molecule has 0 saturated heterocycles. The summed E-state index contributed by atoms with van der Waals surface area (Å²) in [5.74, 6) is -1.04. The number of rotatable bonds is 3. The molecule has 1 heterocycles. The molecular weight excluding hydrogens is 345 g/mol. The van der Waals surface area contributed by atoms with Gasteiger partial charge < -0.3 is 11.1 Å². The number of hydrogen-bond donors (Lipinski definition) is 2. The minimum absolute atomic E-state index is 0.0737. The van der Waals surface area contributed by atoms with E-state index in [1.54, 1.807) is 12.1 Å². The maximum atomic E-state index is 13.5. The Bertz CT molecular complexity index is 676. The van der Waals surface area contributed by atoms with Gasteiger partial charge in [0, 0.05) is 16.2 Å². The Morgan fingerprint density at radius 1 is 1.35 bits per heavy atom. The molecule has 0 saturated carbocycles. The Balaban J connectivity index is 2.19. The van der Waals surface area contributed by atoms with Crippen molar-refractivity contribution in [1.29, 1.82) is 0 Å². The van der Waals surface area contributed by atoms with Crippen molar-refractivity contribution >= 4 is 44.7 Å². The molecule has 1 aromatic heterocycles. The molecule has 102 valence electrons. The number of thiocarbonyl (C=S) groups is 1. The number of nitrogens with one attached hydrogen (secondary N) is 1. The summed E-state index contributed by atoms with van der Waals surface area (Å²) in [6.07, 6.45) is 1.40. The number of anilines is 1. The highest BCUT2D eigenvalue weighted by Crippen LogP contribution is 2.20. The molecule has 0 bridgehead atoms. The van der Waals surface area contributed by atoms with Crippen LogP contribution in [-0.4, -0.2) is 15.9 Å². The number of hydrogen-bond acceptors (Lipinski definition) is 3. The monoisotopic (exact) mass is 353 g/mol. The van der Waals surface area contributed by atoms with Gasteiger partial charge in [0.2, 0.25) is 0 Å². The van der Waals surface area contributed by atoms with Gasteiger partial charge in [-0.15, -0.1) is 0 Å². The van der Waals surface area contributed by atoms with Crippen LogP contribution in [0.5, 0.6) is 0 Å². The van der Waals surface area contributed by atoms with E-state index < -0.39 is 11.7 Å². The van der Waals surface area contributed by atoms with E-state index >= 15 is 0 Å². The van der Waals surface area contributed by atoms with Gasteiger partial charge in [0.1, 0.15) is 16.5 Å². The third-order valence-electron chi connectivity index (χ3n) is 2.46. The van der Waals surface area contributed by atoms with Gasteiger partial charge in [-0.2, -0.15) is 0 Å². The summed E-state index contributed by atoms with van der Waals surface area (Å²) < 4.78 is 14.2. The minimum Gasteiger partial charge on any atom is -0.389 e. The minimum atomic E-state index is -0.527. The number of nitrogens with two attached hydrogens (primary N) is 1. The molecule has 0 fully saturated rings. The van der Waals surface area contributed by atoms with E-state index in [0.29, 0.717) is 10.0 Å². The summed E-state index contributed by atoms with van der Waals surface area (Å²) in [6, 6.07) is 7.32. The zero-order chi connectivity index (χ0) is 14.7. The molecule has 0 spiro atoms. The van der Waals surface area contributed by atoms with E-state index in [0.717, 1.165) is 0 Å². The number of carbonyl (C=O) groups excluding carboxylic acids is 1. The SMILES string of the molecule is NC(=S)c1ccc(C(=O)Nc2cc(Br)ccc2F)nc1. The van der Waals surface area contributed by atoms with Gasteiger partial charge in [-0.05, 0) is 30.3 Å². The Morgan fingerprint density at radius 3 is 2.70 bits per heavy atom. The van der Waals surface area contributed by atoms with E-state index in [4.69, 9.17) is 18.0 Å². The van der Waals surface area contributed by atoms with E-state index in [1.807, 2.05) is 0 Å². The van der Waals surface area contributed by atoms with Gasteiger partial charge in [0.15, 0.2) is 0 Å². The zero-order valence-electron chi connectivity index (χ0n) is 10.1. The maximum Gasteiger partial charge on any atom is 0.274 e. The fourth-order valence-corrected chi connectivity index (χ4v) is 1.94. The van der Waals surface area contributed by atoms with Crippen LogP contribution in [0.3, 0.4) is 0 Å². The fourth-order valence-electron chi connectivity index (χ4n) is 1.45. The Kier molecular flexibility index (Phi) is 4.41. The molecule has 0 aliphatic rings. The molecule has 0 atom stereocenters. The highest BCUT2D eigenvalue weighted by Gasteiger charge is 2.11. The van der Waals surface area contributed by atoms with E-state index in [9.17, 15) is 9.18 Å². The lowest BCUT2D eigenvalue weighted by Crippen LogP contribution is -2.16. The summed E-state index contributed by atoms with van der Waals surface area (Å²) >= 11 is 8.00. The van der Waals surface area contributed by atoms with Crippen LogP contribution >= 0.6 is 28.1 Å². The third kappa shape index (κ3) is 3.37. The third-order valence-corrected chi connectivity index (χ3v) is 3.19. The Morgan fingerprint density at radius 2 is 2.10 bits per heavy atom. The average Bonchev–Trinajstić information content (AvgIpc) is 2.43. The molecule has 20 heavy (non-hydrogen) atoms. The van der Waals surface area contributed by atoms with Crippen LogP contribution in [0.25, 0.3) is 0 Å². The van der Waals surface area contributed by atoms with Gasteiger partial charge in [0.05, 0.1) is 5.69 Å². The van der Waals surface area contributed by atoms with Gasteiger partial charge in [0.25, 0.3) is 5.91 Å². The molecule has 0 radical (unpaired) electrons. The maximum absolute atomic E-state index is 13.5. The molecular formula is C13H9BrFN3OS. The van der Waals surface area contributed by atoms with Crippen molar-refractivity contribution in [3.05, 3.63) is 58.1 Å². The van der Waals surface area contributed by atoms with Crippen LogP contribution in [0.4, 0.5) is 10.1 Å². The van der Waals surface area contributed by atoms with Gasteiger partial charge in [-0.1, -0.05) is 28.1 Å². The Hall–Kier alpha value is -1.86. The van der Waals surface area contributed by atoms with Crippen molar-refractivity contribution in [2.45, 2.75) is 0 Å². The Labute approximate surface area is 128 Å². The van der Waals surface area contributed by atoms with Crippen LogP contribution < -0.4 is 11.1 Å². The average molecular weight is 354 g/mol. The summed E-state index contributed by atoms with van der Waals surface area (Å²) in [7, 11) is 0. The number of aromatic nitrogens is 1.